The number of sulfonamides is 1. The van der Waals surface area contributed by atoms with E-state index in [1.165, 1.54) is 4.90 Å². The van der Waals surface area contributed by atoms with E-state index < -0.39 is 68.7 Å². The lowest BCUT2D eigenvalue weighted by Crippen LogP contribution is -2.58. The summed E-state index contributed by atoms with van der Waals surface area (Å²) >= 11 is 0. The highest BCUT2D eigenvalue weighted by Gasteiger charge is 2.62. The molecule has 5 fully saturated rings. The van der Waals surface area contributed by atoms with Crippen LogP contribution in [0.3, 0.4) is 0 Å². The van der Waals surface area contributed by atoms with Crippen molar-refractivity contribution < 1.29 is 37.2 Å². The number of allylic oxidation sites excluding steroid dienone is 1. The van der Waals surface area contributed by atoms with Gasteiger partial charge in [-0.05, 0) is 82.6 Å². The quantitative estimate of drug-likeness (QED) is 0.187. The molecule has 4 saturated carbocycles. The van der Waals surface area contributed by atoms with Crippen molar-refractivity contribution in [3.63, 3.8) is 0 Å². The monoisotopic (exact) mass is 751 g/mol. The standard InChI is InChI=1S/C39H53N5O8S/c45-35-33-23-30(52-42-34(27-15-9-10-16-27)26-13-5-4-6-14-26)25-44(33)36(46)32(40-38(48)51-29-18-11-12-19-29)20-8-3-1-2-7-17-28-24-39(28,41-35)37(47)43-53(49,50)31-21-22-31/h4-7,13-14,17,27-33H,1-3,8-12,15-16,18-25H2,(H,40,48)(H,41,45)(H,43,47)/b17-7-,42-34-/t28-,30-,32+,33+,39?/m1/s1. The van der Waals surface area contributed by atoms with E-state index in [9.17, 15) is 27.6 Å². The molecule has 1 saturated heterocycles. The van der Waals surface area contributed by atoms with Gasteiger partial charge in [0.25, 0.3) is 5.91 Å². The van der Waals surface area contributed by atoms with E-state index in [-0.39, 0.29) is 31.4 Å². The highest BCUT2D eigenvalue weighted by molar-refractivity contribution is 7.91. The summed E-state index contributed by atoms with van der Waals surface area (Å²) in [5.74, 6) is -1.93. The van der Waals surface area contributed by atoms with Crippen molar-refractivity contribution in [3.05, 3.63) is 48.0 Å². The number of fused-ring (bicyclic) bond motifs is 2. The van der Waals surface area contributed by atoms with Gasteiger partial charge in [0.05, 0.1) is 17.5 Å². The van der Waals surface area contributed by atoms with Crippen LogP contribution in [0.25, 0.3) is 0 Å². The summed E-state index contributed by atoms with van der Waals surface area (Å²) in [6.07, 6.45) is 14.8. The van der Waals surface area contributed by atoms with E-state index in [2.05, 4.69) is 20.5 Å². The Morgan fingerprint density at radius 3 is 2.34 bits per heavy atom. The van der Waals surface area contributed by atoms with Crippen LogP contribution >= 0.6 is 0 Å². The molecular weight excluding hydrogens is 699 g/mol. The SMILES string of the molecule is O=C(N[C@H]1CCCCC/C=C\[C@@H]2CC2(C(=O)NS(=O)(=O)C2CC2)NC(=O)[C@@H]2C[C@@H](O/N=C(/c3ccccc3)C3CCCC3)CN2C1=O)OC1CCCC1. The molecule has 1 unspecified atom stereocenters. The second-order valence-corrected chi connectivity index (χ2v) is 17.8. The third-order valence-electron chi connectivity index (χ3n) is 11.8. The lowest BCUT2D eigenvalue weighted by Gasteiger charge is -2.30. The van der Waals surface area contributed by atoms with Gasteiger partial charge in [-0.15, -0.1) is 0 Å². The van der Waals surface area contributed by atoms with Gasteiger partial charge in [0, 0.05) is 18.3 Å². The number of alkyl carbamates (subject to hydrolysis) is 1. The minimum Gasteiger partial charge on any atom is -0.446 e. The van der Waals surface area contributed by atoms with Crippen molar-refractivity contribution >= 4 is 39.5 Å². The molecule has 0 aromatic heterocycles. The van der Waals surface area contributed by atoms with Crippen molar-refractivity contribution in [2.24, 2.45) is 17.0 Å². The summed E-state index contributed by atoms with van der Waals surface area (Å²) in [4.78, 5) is 63.3. The summed E-state index contributed by atoms with van der Waals surface area (Å²) in [5, 5.41) is 9.81. The van der Waals surface area contributed by atoms with Crippen LogP contribution in [0.15, 0.2) is 47.6 Å². The number of hydrogen-bond donors (Lipinski definition) is 3. The molecule has 0 radical (unpaired) electrons. The lowest BCUT2D eigenvalue weighted by atomic mass is 9.95. The zero-order chi connectivity index (χ0) is 37.0. The van der Waals surface area contributed by atoms with Crippen molar-refractivity contribution in [2.45, 2.75) is 144 Å². The Kier molecular flexibility index (Phi) is 11.4. The number of rotatable bonds is 9. The van der Waals surface area contributed by atoms with Gasteiger partial charge in [-0.25, -0.2) is 13.2 Å². The molecule has 288 valence electrons. The fraction of sp³-hybridized carbons (Fsp3) is 0.667. The molecule has 5 atom stereocenters. The Hall–Kier alpha value is -3.94. The summed E-state index contributed by atoms with van der Waals surface area (Å²) in [5.41, 5.74) is 0.346. The molecule has 0 bridgehead atoms. The molecule has 4 aliphatic carbocycles. The maximum absolute atomic E-state index is 14.5. The topological polar surface area (TPSA) is 173 Å². The minimum absolute atomic E-state index is 0.0433. The first-order chi connectivity index (χ1) is 25.6. The first kappa shape index (κ1) is 37.4. The normalized spacial score (nSPS) is 31.0. The lowest BCUT2D eigenvalue weighted by molar-refractivity contribution is -0.141. The van der Waals surface area contributed by atoms with Crippen LogP contribution in [0.1, 0.15) is 115 Å². The molecule has 7 rings (SSSR count). The van der Waals surface area contributed by atoms with Gasteiger partial charge in [-0.2, -0.15) is 0 Å². The van der Waals surface area contributed by atoms with Gasteiger partial charge >= 0.3 is 6.09 Å². The smallest absolute Gasteiger partial charge is 0.408 e. The molecule has 1 aromatic carbocycles. The molecule has 1 aromatic rings. The zero-order valence-electron chi connectivity index (χ0n) is 30.4. The first-order valence-electron chi connectivity index (χ1n) is 19.7. The molecule has 0 spiro atoms. The Morgan fingerprint density at radius 1 is 0.887 bits per heavy atom. The zero-order valence-corrected chi connectivity index (χ0v) is 31.2. The van der Waals surface area contributed by atoms with Gasteiger partial charge in [0.2, 0.25) is 21.8 Å². The number of nitrogens with one attached hydrogen (secondary N) is 3. The van der Waals surface area contributed by atoms with Gasteiger partial charge in [0.15, 0.2) is 0 Å². The molecule has 13 nitrogen and oxygen atoms in total. The number of carbonyl (C=O) groups is 4. The van der Waals surface area contributed by atoms with Crippen LogP contribution in [-0.4, -0.2) is 84.5 Å². The Balaban J connectivity index is 1.15. The van der Waals surface area contributed by atoms with Crippen molar-refractivity contribution in [1.82, 2.24) is 20.3 Å². The largest absolute Gasteiger partial charge is 0.446 e. The molecule has 4 amide bonds. The predicted octanol–water partition coefficient (Wildman–Crippen LogP) is 4.61. The van der Waals surface area contributed by atoms with Crippen LogP contribution in [-0.2, 0) is 34.0 Å². The molecule has 2 aliphatic heterocycles. The number of oxime groups is 1. The number of benzene rings is 1. The molecule has 3 N–H and O–H groups in total. The fourth-order valence-corrected chi connectivity index (χ4v) is 9.84. The first-order valence-corrected chi connectivity index (χ1v) is 21.3. The Labute approximate surface area is 312 Å². The molecule has 14 heteroatoms. The van der Waals surface area contributed by atoms with E-state index in [0.717, 1.165) is 81.9 Å². The second kappa shape index (κ2) is 16.2. The Bertz CT molecular complexity index is 1690. The van der Waals surface area contributed by atoms with E-state index >= 15 is 0 Å². The van der Waals surface area contributed by atoms with Gasteiger partial charge in [-0.1, -0.05) is 73.3 Å². The van der Waals surface area contributed by atoms with Crippen molar-refractivity contribution in [3.8, 4) is 0 Å². The fourth-order valence-electron chi connectivity index (χ4n) is 8.47. The van der Waals surface area contributed by atoms with E-state index in [4.69, 9.17) is 9.57 Å². The third kappa shape index (κ3) is 8.90. The minimum atomic E-state index is -3.87. The molecule has 53 heavy (non-hydrogen) atoms. The van der Waals surface area contributed by atoms with Gasteiger partial charge in [0.1, 0.15) is 29.8 Å². The summed E-state index contributed by atoms with van der Waals surface area (Å²) in [6, 6.07) is 7.90. The molecule has 2 heterocycles. The predicted molar refractivity (Wildman–Crippen MR) is 197 cm³/mol. The highest BCUT2D eigenvalue weighted by atomic mass is 32.2. The van der Waals surface area contributed by atoms with Crippen LogP contribution in [0.2, 0.25) is 0 Å². The van der Waals surface area contributed by atoms with Crippen molar-refractivity contribution in [1.29, 1.82) is 0 Å². The number of amides is 4. The van der Waals surface area contributed by atoms with Crippen LogP contribution < -0.4 is 15.4 Å². The number of carbonyl (C=O) groups excluding carboxylic acids is 4. The number of ether oxygens (including phenoxy) is 1. The van der Waals surface area contributed by atoms with E-state index in [1.807, 2.05) is 42.5 Å². The van der Waals surface area contributed by atoms with E-state index in [1.54, 1.807) is 0 Å². The number of hydrogen-bond acceptors (Lipinski definition) is 9. The second-order valence-electron chi connectivity index (χ2n) is 15.8. The third-order valence-corrected chi connectivity index (χ3v) is 13.6. The summed E-state index contributed by atoms with van der Waals surface area (Å²) in [7, 11) is -3.87. The average molecular weight is 752 g/mol. The summed E-state index contributed by atoms with van der Waals surface area (Å²) in [6.45, 7) is 0.0433. The average Bonchev–Trinajstić information content (AvgIpc) is 3.88. The maximum atomic E-state index is 14.5. The van der Waals surface area contributed by atoms with Gasteiger partial charge < -0.3 is 25.1 Å². The van der Waals surface area contributed by atoms with Crippen molar-refractivity contribution in [2.75, 3.05) is 6.54 Å². The van der Waals surface area contributed by atoms with Gasteiger partial charge in [-0.3, -0.25) is 19.1 Å². The maximum Gasteiger partial charge on any atom is 0.408 e. The van der Waals surface area contributed by atoms with Crippen LogP contribution in [0.5, 0.6) is 0 Å². The molecular formula is C39H53N5O8S. The summed E-state index contributed by atoms with van der Waals surface area (Å²) < 4.78 is 33.6. The Morgan fingerprint density at radius 2 is 1.60 bits per heavy atom. The number of nitrogens with zero attached hydrogens (tertiary/aromatic N) is 2. The van der Waals surface area contributed by atoms with E-state index in [0.29, 0.717) is 25.7 Å². The van der Waals surface area contributed by atoms with Crippen LogP contribution in [0.4, 0.5) is 4.79 Å². The highest BCUT2D eigenvalue weighted by Crippen LogP contribution is 2.46. The molecule has 6 aliphatic rings. The van der Waals surface area contributed by atoms with Crippen LogP contribution in [0, 0.1) is 11.8 Å².